The molecular formula is C38H31Cl3N6O3. The molecule has 0 spiro atoms. The molecule has 6 aromatic rings. The van der Waals surface area contributed by atoms with Gasteiger partial charge in [-0.15, -0.1) is 0 Å². The number of nitrogen functional groups attached to an aromatic ring is 2. The van der Waals surface area contributed by atoms with Gasteiger partial charge >= 0.3 is 0 Å². The van der Waals surface area contributed by atoms with Crippen LogP contribution in [0.25, 0.3) is 22.5 Å². The minimum Gasteiger partial charge on any atom is -0.489 e. The lowest BCUT2D eigenvalue weighted by molar-refractivity contribution is 0.306. The number of ether oxygens (including phenoxy) is 2. The Bertz CT molecular complexity index is 2260. The maximum Gasteiger partial charge on any atom is 0.256 e. The van der Waals surface area contributed by atoms with Crippen molar-refractivity contribution in [2.24, 2.45) is 0 Å². The summed E-state index contributed by atoms with van der Waals surface area (Å²) in [6.45, 7) is 0.963. The van der Waals surface area contributed by atoms with E-state index in [9.17, 15) is 4.79 Å². The molecule has 0 saturated heterocycles. The monoisotopic (exact) mass is 724 g/mol. The molecule has 0 aliphatic heterocycles. The predicted molar refractivity (Wildman–Crippen MR) is 198 cm³/mol. The maximum atomic E-state index is 12.0. The van der Waals surface area contributed by atoms with E-state index in [2.05, 4.69) is 26.0 Å². The smallest absolute Gasteiger partial charge is 0.256 e. The number of halogens is 3. The van der Waals surface area contributed by atoms with Crippen molar-refractivity contribution in [2.75, 3.05) is 11.5 Å². The van der Waals surface area contributed by atoms with E-state index in [1.807, 2.05) is 78.9 Å². The first-order chi connectivity index (χ1) is 24.2. The normalized spacial score (nSPS) is 12.4. The van der Waals surface area contributed by atoms with Crippen molar-refractivity contribution in [3.63, 3.8) is 0 Å². The molecule has 0 atom stereocenters. The number of hydrogen-bond acceptors (Lipinski definition) is 8. The van der Waals surface area contributed by atoms with E-state index < -0.39 is 0 Å². The zero-order chi connectivity index (χ0) is 34.8. The lowest BCUT2D eigenvalue weighted by Gasteiger charge is -2.20. The molecule has 8 rings (SSSR count). The van der Waals surface area contributed by atoms with Crippen LogP contribution in [0.1, 0.15) is 33.4 Å². The maximum absolute atomic E-state index is 12.0. The SMILES string of the molecule is Nc1nc(Cl)c2c(n1)-c1ccc(OCc3ccc(Cl)cc3)cc1CC2.Nc1nc2c(c(=O)[nH]1)CCc1cc(OCc3ccc(Cl)cc3)ccc1-2. The minimum atomic E-state index is -0.156. The summed E-state index contributed by atoms with van der Waals surface area (Å²) in [4.78, 5) is 27.3. The fraction of sp³-hybridized carbons (Fsp3) is 0.158. The van der Waals surface area contributed by atoms with Gasteiger partial charge in [-0.25, -0.2) is 15.0 Å². The molecule has 0 radical (unpaired) electrons. The fourth-order valence-electron chi connectivity index (χ4n) is 6.10. The first-order valence-electron chi connectivity index (χ1n) is 15.9. The quantitative estimate of drug-likeness (QED) is 0.147. The molecule has 2 aromatic heterocycles. The Labute approximate surface area is 303 Å². The summed E-state index contributed by atoms with van der Waals surface area (Å²) in [5.74, 6) is 1.94. The molecule has 0 fully saturated rings. The third-order valence-electron chi connectivity index (χ3n) is 8.60. The summed E-state index contributed by atoms with van der Waals surface area (Å²) in [6.07, 6.45) is 3.08. The number of hydrogen-bond donors (Lipinski definition) is 3. The van der Waals surface area contributed by atoms with Crippen LogP contribution in [0.4, 0.5) is 11.9 Å². The zero-order valence-electron chi connectivity index (χ0n) is 26.7. The highest BCUT2D eigenvalue weighted by molar-refractivity contribution is 6.31. The minimum absolute atomic E-state index is 0.139. The molecule has 2 aliphatic carbocycles. The van der Waals surface area contributed by atoms with Crippen molar-refractivity contribution in [2.45, 2.75) is 38.9 Å². The van der Waals surface area contributed by atoms with Gasteiger partial charge in [-0.3, -0.25) is 9.78 Å². The number of nitrogens with two attached hydrogens (primary N) is 2. The van der Waals surface area contributed by atoms with E-state index in [0.29, 0.717) is 41.1 Å². The van der Waals surface area contributed by atoms with Crippen molar-refractivity contribution in [3.05, 3.63) is 144 Å². The van der Waals surface area contributed by atoms with Crippen molar-refractivity contribution in [1.82, 2.24) is 19.9 Å². The van der Waals surface area contributed by atoms with Crippen LogP contribution < -0.4 is 26.5 Å². The van der Waals surface area contributed by atoms with Crippen molar-refractivity contribution >= 4 is 46.7 Å². The number of aryl methyl sites for hydroxylation is 2. The largest absolute Gasteiger partial charge is 0.489 e. The Morgan fingerprint density at radius 3 is 1.66 bits per heavy atom. The number of aromatic amines is 1. The molecule has 4 aromatic carbocycles. The summed E-state index contributed by atoms with van der Waals surface area (Å²) >= 11 is 18.0. The molecule has 9 nitrogen and oxygen atoms in total. The highest BCUT2D eigenvalue weighted by atomic mass is 35.5. The van der Waals surface area contributed by atoms with E-state index in [-0.39, 0.29) is 17.5 Å². The van der Waals surface area contributed by atoms with E-state index in [4.69, 9.17) is 55.7 Å². The zero-order valence-corrected chi connectivity index (χ0v) is 28.9. The van der Waals surface area contributed by atoms with Gasteiger partial charge in [-0.1, -0.05) is 59.1 Å². The number of aromatic nitrogens is 4. The Balaban J connectivity index is 0.000000157. The average Bonchev–Trinajstić information content (AvgIpc) is 3.11. The number of anilines is 2. The Kier molecular flexibility index (Phi) is 9.63. The van der Waals surface area contributed by atoms with Crippen LogP contribution >= 0.6 is 34.8 Å². The van der Waals surface area contributed by atoms with Gasteiger partial charge in [0.2, 0.25) is 11.9 Å². The molecule has 0 amide bonds. The van der Waals surface area contributed by atoms with Crippen molar-refractivity contribution in [1.29, 1.82) is 0 Å². The highest BCUT2D eigenvalue weighted by Crippen LogP contribution is 2.37. The van der Waals surface area contributed by atoms with Crippen LogP contribution in [0.3, 0.4) is 0 Å². The second-order valence-corrected chi connectivity index (χ2v) is 13.2. The standard InChI is InChI=1S/C19H15Cl2N3O.C19H16ClN3O2/c20-13-4-1-11(2-5-13)10-25-14-6-8-15-12(9-14)3-7-16-17(15)23-19(22)24-18(16)21;20-13-4-1-11(2-5-13)10-25-14-6-8-15-12(9-14)3-7-16-17(15)22-19(21)23-18(16)24/h1-2,4-6,8-9H,3,7,10H2,(H2,22,23,24);1-2,4-6,8-9H,3,7,10H2,(H3,21,22,23,24). The fourth-order valence-corrected chi connectivity index (χ4v) is 6.62. The second kappa shape index (κ2) is 14.4. The highest BCUT2D eigenvalue weighted by Gasteiger charge is 2.23. The predicted octanol–water partition coefficient (Wildman–Crippen LogP) is 8.06. The number of benzene rings is 4. The summed E-state index contributed by atoms with van der Waals surface area (Å²) in [5.41, 5.74) is 20.8. The topological polar surface area (TPSA) is 142 Å². The Morgan fingerprint density at radius 2 is 1.12 bits per heavy atom. The van der Waals surface area contributed by atoms with Crippen LogP contribution in [0, 0.1) is 0 Å². The van der Waals surface area contributed by atoms with Gasteiger partial charge in [0.15, 0.2) is 0 Å². The van der Waals surface area contributed by atoms with Gasteiger partial charge in [0.1, 0.15) is 29.9 Å². The molecule has 0 unspecified atom stereocenters. The third-order valence-corrected chi connectivity index (χ3v) is 9.41. The summed E-state index contributed by atoms with van der Waals surface area (Å²) in [6, 6.07) is 27.0. The molecular weight excluding hydrogens is 695 g/mol. The summed E-state index contributed by atoms with van der Waals surface area (Å²) < 4.78 is 11.8. The Morgan fingerprint density at radius 1 is 0.620 bits per heavy atom. The van der Waals surface area contributed by atoms with Gasteiger partial charge in [0.25, 0.3) is 5.56 Å². The average molecular weight is 726 g/mol. The van der Waals surface area contributed by atoms with E-state index in [1.54, 1.807) is 0 Å². The number of rotatable bonds is 6. The van der Waals surface area contributed by atoms with Gasteiger partial charge in [0, 0.05) is 32.3 Å². The third kappa shape index (κ3) is 7.40. The molecule has 2 heterocycles. The van der Waals surface area contributed by atoms with Crippen LogP contribution in [0.5, 0.6) is 11.5 Å². The second-order valence-electron chi connectivity index (χ2n) is 11.9. The van der Waals surface area contributed by atoms with E-state index in [0.717, 1.165) is 74.9 Å². The van der Waals surface area contributed by atoms with Crippen LogP contribution in [0.2, 0.25) is 15.2 Å². The lowest BCUT2D eigenvalue weighted by atomic mass is 9.89. The number of fused-ring (bicyclic) bond motifs is 6. The molecule has 2 aliphatic rings. The van der Waals surface area contributed by atoms with Crippen molar-refractivity contribution < 1.29 is 9.47 Å². The van der Waals surface area contributed by atoms with Crippen LogP contribution in [-0.2, 0) is 38.9 Å². The van der Waals surface area contributed by atoms with Gasteiger partial charge in [0.05, 0.1) is 11.4 Å². The summed E-state index contributed by atoms with van der Waals surface area (Å²) in [5, 5.41) is 1.87. The Hall–Kier alpha value is -5.09. The van der Waals surface area contributed by atoms with Crippen molar-refractivity contribution in [3.8, 4) is 34.0 Å². The van der Waals surface area contributed by atoms with E-state index >= 15 is 0 Å². The first-order valence-corrected chi connectivity index (χ1v) is 17.0. The van der Waals surface area contributed by atoms with Crippen LogP contribution in [0.15, 0.2) is 89.7 Å². The molecule has 0 saturated carbocycles. The molecule has 0 bridgehead atoms. The first kappa shape index (κ1) is 33.4. The molecule has 12 heteroatoms. The lowest BCUT2D eigenvalue weighted by Crippen LogP contribution is -2.21. The number of H-pyrrole nitrogens is 1. The van der Waals surface area contributed by atoms with E-state index in [1.165, 1.54) is 5.56 Å². The molecule has 50 heavy (non-hydrogen) atoms. The van der Waals surface area contributed by atoms with Gasteiger partial charge in [-0.2, -0.15) is 0 Å². The number of nitrogens with one attached hydrogen (secondary N) is 1. The molecule has 252 valence electrons. The van der Waals surface area contributed by atoms with Crippen LogP contribution in [-0.4, -0.2) is 19.9 Å². The number of nitrogens with zero attached hydrogens (tertiary/aromatic N) is 3. The van der Waals surface area contributed by atoms with Gasteiger partial charge < -0.3 is 20.9 Å². The molecule has 5 N–H and O–H groups in total. The van der Waals surface area contributed by atoms with Gasteiger partial charge in [-0.05, 0) is 109 Å². The summed E-state index contributed by atoms with van der Waals surface area (Å²) in [7, 11) is 0.